The molecule has 0 fully saturated rings. The maximum Gasteiger partial charge on any atom is 0.0311 e. The molecule has 2 aliphatic rings. The molecule has 0 saturated carbocycles. The molecule has 0 amide bonds. The molecular weight excluding hydrogens is 276 g/mol. The van der Waals surface area contributed by atoms with Gasteiger partial charge in [0.25, 0.3) is 0 Å². The van der Waals surface area contributed by atoms with Crippen molar-refractivity contribution in [1.29, 1.82) is 0 Å². The molecule has 1 atom stereocenters. The lowest BCUT2D eigenvalue weighted by atomic mass is 9.85. The van der Waals surface area contributed by atoms with E-state index in [0.717, 1.165) is 0 Å². The van der Waals surface area contributed by atoms with E-state index in [4.69, 9.17) is 0 Å². The van der Waals surface area contributed by atoms with Crippen LogP contribution in [0, 0.1) is 0 Å². The summed E-state index contributed by atoms with van der Waals surface area (Å²) in [4.78, 5) is 0. The first kappa shape index (κ1) is 13.1. The lowest BCUT2D eigenvalue weighted by molar-refractivity contribution is 0.910. The van der Waals surface area contributed by atoms with Crippen molar-refractivity contribution in [2.45, 2.75) is 32.1 Å². The summed E-state index contributed by atoms with van der Waals surface area (Å²) in [6.07, 6.45) is 6.23. The number of benzene rings is 3. The van der Waals surface area contributed by atoms with E-state index in [9.17, 15) is 0 Å². The third kappa shape index (κ3) is 1.91. The van der Waals surface area contributed by atoms with Crippen molar-refractivity contribution in [2.75, 3.05) is 0 Å². The number of hydrogen-bond donors (Lipinski definition) is 0. The zero-order valence-corrected chi connectivity index (χ0v) is 13.5. The Hall–Kier alpha value is -2.34. The molecule has 0 heterocycles. The van der Waals surface area contributed by atoms with E-state index in [0.29, 0.717) is 5.92 Å². The predicted octanol–water partition coefficient (Wildman–Crippen LogP) is 5.88. The summed E-state index contributed by atoms with van der Waals surface area (Å²) in [6.45, 7) is 2.29. The molecule has 0 aliphatic heterocycles. The molecule has 112 valence electrons. The van der Waals surface area contributed by atoms with E-state index in [1.807, 2.05) is 0 Å². The Balaban J connectivity index is 1.75. The summed E-state index contributed by atoms with van der Waals surface area (Å²) in [6, 6.07) is 20.5. The largest absolute Gasteiger partial charge is 0.0616 e. The molecule has 0 aromatic heterocycles. The van der Waals surface area contributed by atoms with Gasteiger partial charge in [0.1, 0.15) is 0 Å². The molecule has 0 bridgehead atoms. The standard InChI is InChI=1S/C23H20/c1-15-12-19-13-17-8-4-9-18(17)14-22(19)23(15)21-11-5-7-16-6-2-3-10-20(16)21/h2-3,5-7,10-14,23H,4,8-9H2,1H3. The zero-order chi connectivity index (χ0) is 15.4. The summed E-state index contributed by atoms with van der Waals surface area (Å²) in [7, 11) is 0. The molecule has 23 heavy (non-hydrogen) atoms. The smallest absolute Gasteiger partial charge is 0.0311 e. The molecule has 1 unspecified atom stereocenters. The quantitative estimate of drug-likeness (QED) is 0.526. The second kappa shape index (κ2) is 4.83. The van der Waals surface area contributed by atoms with Crippen molar-refractivity contribution in [3.8, 4) is 0 Å². The van der Waals surface area contributed by atoms with Crippen molar-refractivity contribution >= 4 is 16.8 Å². The fraction of sp³-hybridized carbons (Fsp3) is 0.217. The van der Waals surface area contributed by atoms with Gasteiger partial charge in [-0.3, -0.25) is 0 Å². The van der Waals surface area contributed by atoms with Gasteiger partial charge in [-0.1, -0.05) is 66.2 Å². The second-order valence-electron chi connectivity index (χ2n) is 6.99. The maximum absolute atomic E-state index is 2.50. The van der Waals surface area contributed by atoms with Crippen LogP contribution in [0.5, 0.6) is 0 Å². The van der Waals surface area contributed by atoms with Gasteiger partial charge in [0, 0.05) is 5.92 Å². The average molecular weight is 296 g/mol. The van der Waals surface area contributed by atoms with Crippen molar-refractivity contribution < 1.29 is 0 Å². The summed E-state index contributed by atoms with van der Waals surface area (Å²) in [5.41, 5.74) is 9.04. The topological polar surface area (TPSA) is 0 Å². The van der Waals surface area contributed by atoms with Gasteiger partial charge >= 0.3 is 0 Å². The van der Waals surface area contributed by atoms with Crippen LogP contribution in [0.25, 0.3) is 16.8 Å². The van der Waals surface area contributed by atoms with E-state index < -0.39 is 0 Å². The minimum Gasteiger partial charge on any atom is -0.0616 e. The fourth-order valence-electron chi connectivity index (χ4n) is 4.53. The minimum atomic E-state index is 0.419. The summed E-state index contributed by atoms with van der Waals surface area (Å²) in [5.74, 6) is 0.419. The van der Waals surface area contributed by atoms with Crippen LogP contribution in [-0.4, -0.2) is 0 Å². The van der Waals surface area contributed by atoms with Crippen LogP contribution >= 0.6 is 0 Å². The lowest BCUT2D eigenvalue weighted by Crippen LogP contribution is -2.01. The highest BCUT2D eigenvalue weighted by Gasteiger charge is 2.27. The van der Waals surface area contributed by atoms with Gasteiger partial charge in [0.15, 0.2) is 0 Å². The Morgan fingerprint density at radius 1 is 0.826 bits per heavy atom. The van der Waals surface area contributed by atoms with Crippen LogP contribution in [0.1, 0.15) is 47.1 Å². The third-order valence-electron chi connectivity index (χ3n) is 5.58. The SMILES string of the molecule is CC1=Cc2cc3c(cc2C1c1cccc2ccccc12)CCC3. The van der Waals surface area contributed by atoms with Gasteiger partial charge in [-0.15, -0.1) is 0 Å². The predicted molar refractivity (Wildman–Crippen MR) is 97.9 cm³/mol. The van der Waals surface area contributed by atoms with Crippen LogP contribution in [0.4, 0.5) is 0 Å². The van der Waals surface area contributed by atoms with Crippen LogP contribution in [0.3, 0.4) is 0 Å². The number of fused-ring (bicyclic) bond motifs is 3. The minimum absolute atomic E-state index is 0.419. The first-order valence-electron chi connectivity index (χ1n) is 8.63. The first-order valence-corrected chi connectivity index (χ1v) is 8.63. The van der Waals surface area contributed by atoms with Gasteiger partial charge in [0.2, 0.25) is 0 Å². The monoisotopic (exact) mass is 296 g/mol. The normalized spacial score (nSPS) is 18.8. The van der Waals surface area contributed by atoms with Crippen LogP contribution < -0.4 is 0 Å². The summed E-state index contributed by atoms with van der Waals surface area (Å²) >= 11 is 0. The van der Waals surface area contributed by atoms with E-state index in [-0.39, 0.29) is 0 Å². The Kier molecular flexibility index (Phi) is 2.76. The van der Waals surface area contributed by atoms with Crippen molar-refractivity contribution in [3.05, 3.63) is 88.0 Å². The molecule has 5 rings (SSSR count). The van der Waals surface area contributed by atoms with E-state index in [1.165, 1.54) is 52.3 Å². The van der Waals surface area contributed by atoms with Crippen LogP contribution in [-0.2, 0) is 12.8 Å². The van der Waals surface area contributed by atoms with E-state index >= 15 is 0 Å². The van der Waals surface area contributed by atoms with Crippen LogP contribution in [0.15, 0.2) is 60.2 Å². The van der Waals surface area contributed by atoms with Crippen molar-refractivity contribution in [3.63, 3.8) is 0 Å². The van der Waals surface area contributed by atoms with Gasteiger partial charge in [0.05, 0.1) is 0 Å². The molecule has 0 saturated heterocycles. The fourth-order valence-corrected chi connectivity index (χ4v) is 4.53. The lowest BCUT2D eigenvalue weighted by Gasteiger charge is -2.18. The summed E-state index contributed by atoms with van der Waals surface area (Å²) < 4.78 is 0. The van der Waals surface area contributed by atoms with Crippen molar-refractivity contribution in [2.24, 2.45) is 0 Å². The van der Waals surface area contributed by atoms with Crippen molar-refractivity contribution in [1.82, 2.24) is 0 Å². The molecule has 0 radical (unpaired) electrons. The van der Waals surface area contributed by atoms with Gasteiger partial charge in [-0.05, 0) is 64.8 Å². The molecule has 0 heteroatoms. The third-order valence-corrected chi connectivity index (χ3v) is 5.58. The Labute approximate surface area is 137 Å². The molecule has 3 aromatic rings. The molecule has 0 N–H and O–H groups in total. The molecule has 3 aromatic carbocycles. The Bertz CT molecular complexity index is 954. The van der Waals surface area contributed by atoms with Crippen LogP contribution in [0.2, 0.25) is 0 Å². The highest BCUT2D eigenvalue weighted by Crippen LogP contribution is 2.44. The van der Waals surface area contributed by atoms with E-state index in [1.54, 1.807) is 11.1 Å². The molecule has 0 spiro atoms. The number of aryl methyl sites for hydroxylation is 2. The second-order valence-corrected chi connectivity index (χ2v) is 6.99. The van der Waals surface area contributed by atoms with Gasteiger partial charge < -0.3 is 0 Å². The Morgan fingerprint density at radius 2 is 1.61 bits per heavy atom. The highest BCUT2D eigenvalue weighted by atomic mass is 14.3. The summed E-state index contributed by atoms with van der Waals surface area (Å²) in [5, 5.41) is 2.73. The maximum atomic E-state index is 2.50. The number of rotatable bonds is 1. The Morgan fingerprint density at radius 3 is 2.52 bits per heavy atom. The average Bonchev–Trinajstić information content (AvgIpc) is 3.14. The molecular formula is C23H20. The first-order chi connectivity index (χ1) is 11.3. The molecule has 2 aliphatic carbocycles. The number of allylic oxidation sites excluding steroid dienone is 1. The van der Waals surface area contributed by atoms with Gasteiger partial charge in [-0.25, -0.2) is 0 Å². The number of hydrogen-bond acceptors (Lipinski definition) is 0. The highest BCUT2D eigenvalue weighted by molar-refractivity contribution is 5.88. The van der Waals surface area contributed by atoms with E-state index in [2.05, 4.69) is 67.6 Å². The van der Waals surface area contributed by atoms with Gasteiger partial charge in [-0.2, -0.15) is 0 Å². The zero-order valence-electron chi connectivity index (χ0n) is 13.5. The molecule has 0 nitrogen and oxygen atoms in total.